The Balaban J connectivity index is 3.11. The third-order valence-corrected chi connectivity index (χ3v) is 3.65. The molecule has 19 heavy (non-hydrogen) atoms. The summed E-state index contributed by atoms with van der Waals surface area (Å²) < 4.78 is 10.7. The summed E-state index contributed by atoms with van der Waals surface area (Å²) in [7, 11) is 2.95. The van der Waals surface area contributed by atoms with E-state index in [-0.39, 0.29) is 0 Å². The Bertz CT molecular complexity index is 456. The van der Waals surface area contributed by atoms with Crippen molar-refractivity contribution in [3.63, 3.8) is 0 Å². The van der Waals surface area contributed by atoms with Crippen LogP contribution in [0.3, 0.4) is 0 Å². The quantitative estimate of drug-likeness (QED) is 0.633. The van der Waals surface area contributed by atoms with Gasteiger partial charge in [0.2, 0.25) is 0 Å². The van der Waals surface area contributed by atoms with E-state index in [2.05, 4.69) is 21.2 Å². The van der Waals surface area contributed by atoms with Crippen molar-refractivity contribution in [2.75, 3.05) is 27.4 Å². The number of carbonyl (C=O) groups excluding carboxylic acids is 1. The fraction of sp³-hybridized carbons (Fsp3) is 0.462. The number of nitrogens with one attached hydrogen (secondary N) is 1. The summed E-state index contributed by atoms with van der Waals surface area (Å²) in [5.74, 6) is -0.396. The van der Waals surface area contributed by atoms with Gasteiger partial charge in [0.1, 0.15) is 5.54 Å². The van der Waals surface area contributed by atoms with Crippen LogP contribution in [0.5, 0.6) is 0 Å². The van der Waals surface area contributed by atoms with Crippen molar-refractivity contribution < 1.29 is 14.3 Å². The van der Waals surface area contributed by atoms with E-state index in [0.29, 0.717) is 23.7 Å². The number of halogens is 2. The van der Waals surface area contributed by atoms with Gasteiger partial charge in [-0.1, -0.05) is 33.6 Å². The zero-order chi connectivity index (χ0) is 14.5. The summed E-state index contributed by atoms with van der Waals surface area (Å²) in [6, 6.07) is 5.37. The SMILES string of the molecule is COCCNC(C)(C(=O)OC)c1ccc(Br)cc1Cl. The molecule has 0 saturated carbocycles. The van der Waals surface area contributed by atoms with Gasteiger partial charge < -0.3 is 9.47 Å². The molecule has 0 amide bonds. The lowest BCUT2D eigenvalue weighted by Gasteiger charge is -2.29. The molecule has 1 aromatic carbocycles. The Morgan fingerprint density at radius 3 is 2.68 bits per heavy atom. The van der Waals surface area contributed by atoms with Crippen LogP contribution in [-0.4, -0.2) is 33.3 Å². The van der Waals surface area contributed by atoms with Gasteiger partial charge in [0.05, 0.1) is 13.7 Å². The van der Waals surface area contributed by atoms with Gasteiger partial charge in [-0.3, -0.25) is 5.32 Å². The van der Waals surface area contributed by atoms with Crippen LogP contribution in [-0.2, 0) is 19.8 Å². The predicted molar refractivity (Wildman–Crippen MR) is 78.4 cm³/mol. The van der Waals surface area contributed by atoms with E-state index in [1.54, 1.807) is 26.2 Å². The lowest BCUT2D eigenvalue weighted by molar-refractivity contribution is -0.148. The molecule has 106 valence electrons. The fourth-order valence-corrected chi connectivity index (χ4v) is 2.64. The van der Waals surface area contributed by atoms with Gasteiger partial charge in [0.25, 0.3) is 0 Å². The van der Waals surface area contributed by atoms with E-state index in [1.807, 2.05) is 6.07 Å². The van der Waals surface area contributed by atoms with Crippen molar-refractivity contribution >= 4 is 33.5 Å². The maximum Gasteiger partial charge on any atom is 0.330 e. The Morgan fingerprint density at radius 1 is 1.47 bits per heavy atom. The monoisotopic (exact) mass is 349 g/mol. The number of rotatable bonds is 6. The van der Waals surface area contributed by atoms with E-state index in [9.17, 15) is 4.79 Å². The molecule has 0 radical (unpaired) electrons. The maximum atomic E-state index is 12.1. The van der Waals surface area contributed by atoms with E-state index in [4.69, 9.17) is 21.1 Å². The van der Waals surface area contributed by atoms with Crippen LogP contribution in [0.25, 0.3) is 0 Å². The zero-order valence-corrected chi connectivity index (χ0v) is 13.5. The normalized spacial score (nSPS) is 13.9. The molecule has 1 N–H and O–H groups in total. The van der Waals surface area contributed by atoms with Crippen LogP contribution < -0.4 is 5.32 Å². The summed E-state index contributed by atoms with van der Waals surface area (Å²) in [6.07, 6.45) is 0. The summed E-state index contributed by atoms with van der Waals surface area (Å²) >= 11 is 9.56. The van der Waals surface area contributed by atoms with Crippen molar-refractivity contribution in [2.24, 2.45) is 0 Å². The molecule has 0 spiro atoms. The Kier molecular flexibility index (Phi) is 6.26. The van der Waals surface area contributed by atoms with E-state index < -0.39 is 11.5 Å². The van der Waals surface area contributed by atoms with Crippen LogP contribution in [0, 0.1) is 0 Å². The number of esters is 1. The molecule has 0 fully saturated rings. The lowest BCUT2D eigenvalue weighted by Crippen LogP contribution is -2.48. The molecular weight excluding hydrogens is 334 g/mol. The molecule has 1 atom stereocenters. The number of hydrogen-bond acceptors (Lipinski definition) is 4. The Labute approximate surface area is 126 Å². The standard InChI is InChI=1S/C13H17BrClNO3/c1-13(12(17)19-3,16-6-7-18-2)10-5-4-9(14)8-11(10)15/h4-5,8,16H,6-7H2,1-3H3. The van der Waals surface area contributed by atoms with Crippen molar-refractivity contribution in [2.45, 2.75) is 12.5 Å². The highest BCUT2D eigenvalue weighted by atomic mass is 79.9. The summed E-state index contributed by atoms with van der Waals surface area (Å²) in [5, 5.41) is 3.62. The minimum absolute atomic E-state index is 0.396. The van der Waals surface area contributed by atoms with Crippen LogP contribution in [0.1, 0.15) is 12.5 Å². The van der Waals surface area contributed by atoms with Crippen LogP contribution in [0.2, 0.25) is 5.02 Å². The average Bonchev–Trinajstić information content (AvgIpc) is 2.37. The van der Waals surface area contributed by atoms with Crippen molar-refractivity contribution in [1.82, 2.24) is 5.32 Å². The third-order valence-electron chi connectivity index (χ3n) is 2.85. The van der Waals surface area contributed by atoms with Gasteiger partial charge in [-0.25, -0.2) is 4.79 Å². The van der Waals surface area contributed by atoms with Crippen molar-refractivity contribution in [3.05, 3.63) is 33.3 Å². The topological polar surface area (TPSA) is 47.6 Å². The van der Waals surface area contributed by atoms with Crippen molar-refractivity contribution in [1.29, 1.82) is 0 Å². The highest BCUT2D eigenvalue weighted by Gasteiger charge is 2.37. The van der Waals surface area contributed by atoms with Gasteiger partial charge in [-0.05, 0) is 19.1 Å². The molecule has 1 aromatic rings. The van der Waals surface area contributed by atoms with Crippen LogP contribution in [0.4, 0.5) is 0 Å². The summed E-state index contributed by atoms with van der Waals surface area (Å²) in [5.41, 5.74) is -0.342. The average molecular weight is 351 g/mol. The molecule has 0 aromatic heterocycles. The minimum atomic E-state index is -1.01. The highest BCUT2D eigenvalue weighted by molar-refractivity contribution is 9.10. The number of carbonyl (C=O) groups is 1. The smallest absolute Gasteiger partial charge is 0.330 e. The predicted octanol–water partition coefficient (Wildman–Crippen LogP) is 2.73. The molecule has 0 aliphatic rings. The fourth-order valence-electron chi connectivity index (χ4n) is 1.78. The van der Waals surface area contributed by atoms with E-state index in [0.717, 1.165) is 4.47 Å². The second kappa shape index (κ2) is 7.24. The minimum Gasteiger partial charge on any atom is -0.467 e. The first-order chi connectivity index (χ1) is 8.95. The molecular formula is C13H17BrClNO3. The first-order valence-electron chi connectivity index (χ1n) is 5.73. The Hall–Kier alpha value is -0.620. The van der Waals surface area contributed by atoms with E-state index >= 15 is 0 Å². The largest absolute Gasteiger partial charge is 0.467 e. The molecule has 6 heteroatoms. The zero-order valence-electron chi connectivity index (χ0n) is 11.1. The number of hydrogen-bond donors (Lipinski definition) is 1. The third kappa shape index (κ3) is 3.92. The summed E-state index contributed by atoms with van der Waals surface area (Å²) in [4.78, 5) is 12.1. The van der Waals surface area contributed by atoms with Gasteiger partial charge in [-0.2, -0.15) is 0 Å². The van der Waals surface area contributed by atoms with Gasteiger partial charge >= 0.3 is 5.97 Å². The van der Waals surface area contributed by atoms with Gasteiger partial charge in [0, 0.05) is 28.7 Å². The first kappa shape index (κ1) is 16.4. The van der Waals surface area contributed by atoms with Crippen LogP contribution in [0.15, 0.2) is 22.7 Å². The Morgan fingerprint density at radius 2 is 2.16 bits per heavy atom. The second-order valence-electron chi connectivity index (χ2n) is 4.16. The molecule has 0 heterocycles. The lowest BCUT2D eigenvalue weighted by atomic mass is 9.92. The highest BCUT2D eigenvalue weighted by Crippen LogP contribution is 2.31. The molecule has 0 aliphatic carbocycles. The first-order valence-corrected chi connectivity index (χ1v) is 6.90. The molecule has 0 bridgehead atoms. The molecule has 1 unspecified atom stereocenters. The number of benzene rings is 1. The van der Waals surface area contributed by atoms with Gasteiger partial charge in [0.15, 0.2) is 0 Å². The number of ether oxygens (including phenoxy) is 2. The van der Waals surface area contributed by atoms with Gasteiger partial charge in [-0.15, -0.1) is 0 Å². The number of methoxy groups -OCH3 is 2. The molecule has 0 saturated heterocycles. The molecule has 1 rings (SSSR count). The maximum absolute atomic E-state index is 12.1. The van der Waals surface area contributed by atoms with E-state index in [1.165, 1.54) is 7.11 Å². The second-order valence-corrected chi connectivity index (χ2v) is 5.48. The van der Waals surface area contributed by atoms with Crippen LogP contribution >= 0.6 is 27.5 Å². The molecule has 0 aliphatic heterocycles. The summed E-state index contributed by atoms with van der Waals surface area (Å²) in [6.45, 7) is 2.73. The van der Waals surface area contributed by atoms with Crippen molar-refractivity contribution in [3.8, 4) is 0 Å². The molecule has 4 nitrogen and oxygen atoms in total.